The molecule has 0 saturated carbocycles. The number of fused-ring (bicyclic) bond motifs is 1. The first-order valence-corrected chi connectivity index (χ1v) is 6.36. The van der Waals surface area contributed by atoms with Gasteiger partial charge in [0, 0.05) is 11.3 Å². The molecule has 0 fully saturated rings. The fourth-order valence-corrected chi connectivity index (χ4v) is 2.11. The predicted octanol–water partition coefficient (Wildman–Crippen LogP) is 2.12. The number of aromatic hydroxyl groups is 1. The first kappa shape index (κ1) is 13.0. The van der Waals surface area contributed by atoms with Crippen molar-refractivity contribution >= 4 is 22.6 Å². The Balaban J connectivity index is 1.89. The normalized spacial score (nSPS) is 10.7. The molecule has 0 atom stereocenters. The van der Waals surface area contributed by atoms with Crippen LogP contribution in [0.3, 0.4) is 0 Å². The Hall–Kier alpha value is -3.02. The molecule has 1 aromatic heterocycles. The third kappa shape index (κ3) is 2.51. The fourth-order valence-electron chi connectivity index (χ4n) is 2.11. The highest BCUT2D eigenvalue weighted by Gasteiger charge is 2.09. The lowest BCUT2D eigenvalue weighted by Gasteiger charge is -2.07. The molecule has 4 N–H and O–H groups in total. The number of carbonyl (C=O) groups excluding carboxylic acids is 1. The maximum atomic E-state index is 12.2. The molecule has 0 aliphatic carbocycles. The minimum atomic E-state index is -0.309. The number of anilines is 1. The van der Waals surface area contributed by atoms with Gasteiger partial charge in [-0.2, -0.15) is 0 Å². The Morgan fingerprint density at radius 1 is 1.10 bits per heavy atom. The van der Waals surface area contributed by atoms with Gasteiger partial charge in [-0.1, -0.05) is 0 Å². The smallest absolute Gasteiger partial charge is 0.323 e. The highest BCUT2D eigenvalue weighted by molar-refractivity contribution is 6.05. The monoisotopic (exact) mass is 283 g/mol. The number of rotatable bonds is 2. The summed E-state index contributed by atoms with van der Waals surface area (Å²) < 4.78 is 0. The number of imidazole rings is 1. The number of hydrogen-bond donors (Lipinski definition) is 4. The molecule has 0 aliphatic rings. The number of carbonyl (C=O) groups is 1. The van der Waals surface area contributed by atoms with E-state index in [1.165, 1.54) is 6.07 Å². The van der Waals surface area contributed by atoms with E-state index in [9.17, 15) is 14.7 Å². The van der Waals surface area contributed by atoms with Crippen molar-refractivity contribution in [2.24, 2.45) is 0 Å². The summed E-state index contributed by atoms with van der Waals surface area (Å²) in [4.78, 5) is 28.6. The third-order valence-corrected chi connectivity index (χ3v) is 3.23. The van der Waals surface area contributed by atoms with Crippen LogP contribution in [0.15, 0.2) is 41.2 Å². The zero-order valence-electron chi connectivity index (χ0n) is 11.2. The maximum Gasteiger partial charge on any atom is 0.323 e. The number of aromatic amines is 2. The highest BCUT2D eigenvalue weighted by Crippen LogP contribution is 2.21. The number of H-pyrrole nitrogens is 2. The van der Waals surface area contributed by atoms with Gasteiger partial charge in [-0.3, -0.25) is 4.79 Å². The maximum absolute atomic E-state index is 12.2. The quantitative estimate of drug-likeness (QED) is 0.542. The second kappa shape index (κ2) is 4.82. The van der Waals surface area contributed by atoms with Crippen LogP contribution in [0.5, 0.6) is 5.75 Å². The number of aromatic nitrogens is 2. The standard InChI is InChI=1S/C15H13N3O3/c1-8-6-10(3-5-13(8)19)16-14(20)9-2-4-11-12(7-9)18-15(21)17-11/h2-7,19H,1H3,(H,16,20)(H2,17,18,21). The summed E-state index contributed by atoms with van der Waals surface area (Å²) in [6.45, 7) is 1.75. The Morgan fingerprint density at radius 2 is 1.86 bits per heavy atom. The van der Waals surface area contributed by atoms with Gasteiger partial charge >= 0.3 is 5.69 Å². The molecule has 106 valence electrons. The van der Waals surface area contributed by atoms with Crippen molar-refractivity contribution in [3.8, 4) is 5.75 Å². The second-order valence-electron chi connectivity index (χ2n) is 4.79. The number of benzene rings is 2. The Labute approximate surface area is 119 Å². The van der Waals surface area contributed by atoms with Crippen LogP contribution in [0.4, 0.5) is 5.69 Å². The van der Waals surface area contributed by atoms with E-state index in [-0.39, 0.29) is 17.3 Å². The number of phenols is 1. The molecule has 3 rings (SSSR count). The van der Waals surface area contributed by atoms with Gasteiger partial charge in [0.05, 0.1) is 11.0 Å². The van der Waals surface area contributed by atoms with Crippen molar-refractivity contribution < 1.29 is 9.90 Å². The Kier molecular flexibility index (Phi) is 2.98. The van der Waals surface area contributed by atoms with Gasteiger partial charge in [0.25, 0.3) is 5.91 Å². The molecule has 1 heterocycles. The first-order chi connectivity index (χ1) is 10.0. The van der Waals surface area contributed by atoms with Crippen molar-refractivity contribution in [2.45, 2.75) is 6.92 Å². The second-order valence-corrected chi connectivity index (χ2v) is 4.79. The van der Waals surface area contributed by atoms with Crippen molar-refractivity contribution in [1.82, 2.24) is 9.97 Å². The van der Waals surface area contributed by atoms with Crippen molar-refractivity contribution in [3.05, 3.63) is 58.0 Å². The molecule has 3 aromatic rings. The molecule has 0 radical (unpaired) electrons. The van der Waals surface area contributed by atoms with Crippen LogP contribution in [-0.4, -0.2) is 21.0 Å². The fraction of sp³-hybridized carbons (Fsp3) is 0.0667. The topological polar surface area (TPSA) is 98.0 Å². The van der Waals surface area contributed by atoms with Gasteiger partial charge in [0.15, 0.2) is 0 Å². The molecule has 0 aliphatic heterocycles. The van der Waals surface area contributed by atoms with Crippen LogP contribution in [0, 0.1) is 6.92 Å². The van der Waals surface area contributed by atoms with Gasteiger partial charge in [-0.25, -0.2) is 4.79 Å². The third-order valence-electron chi connectivity index (χ3n) is 3.23. The SMILES string of the molecule is Cc1cc(NC(=O)c2ccc3[nH]c(=O)[nH]c3c2)ccc1O. The van der Waals surface area contributed by atoms with Crippen LogP contribution in [-0.2, 0) is 0 Å². The Morgan fingerprint density at radius 3 is 2.62 bits per heavy atom. The Bertz CT molecular complexity index is 893. The largest absolute Gasteiger partial charge is 0.508 e. The number of phenolic OH excluding ortho intramolecular Hbond substituents is 1. The van der Waals surface area contributed by atoms with E-state index in [1.807, 2.05) is 0 Å². The molecular weight excluding hydrogens is 270 g/mol. The lowest BCUT2D eigenvalue weighted by molar-refractivity contribution is 0.102. The van der Waals surface area contributed by atoms with Gasteiger partial charge in [-0.15, -0.1) is 0 Å². The van der Waals surface area contributed by atoms with Gasteiger partial charge in [-0.05, 0) is 48.9 Å². The van der Waals surface area contributed by atoms with E-state index in [2.05, 4.69) is 15.3 Å². The number of aryl methyl sites for hydroxylation is 1. The molecule has 2 aromatic carbocycles. The number of hydrogen-bond acceptors (Lipinski definition) is 3. The summed E-state index contributed by atoms with van der Waals surface area (Å²) in [5.41, 5.74) is 2.63. The van der Waals surface area contributed by atoms with E-state index >= 15 is 0 Å². The summed E-state index contributed by atoms with van der Waals surface area (Å²) in [6.07, 6.45) is 0. The predicted molar refractivity (Wildman–Crippen MR) is 79.7 cm³/mol. The molecule has 0 spiro atoms. The average Bonchev–Trinajstić information content (AvgIpc) is 2.82. The highest BCUT2D eigenvalue weighted by atomic mass is 16.3. The van der Waals surface area contributed by atoms with E-state index in [1.54, 1.807) is 37.3 Å². The molecular formula is C15H13N3O3. The van der Waals surface area contributed by atoms with Crippen LogP contribution >= 0.6 is 0 Å². The van der Waals surface area contributed by atoms with Gasteiger partial charge < -0.3 is 20.4 Å². The molecule has 0 unspecified atom stereocenters. The van der Waals surface area contributed by atoms with E-state index < -0.39 is 0 Å². The minimum absolute atomic E-state index is 0.180. The summed E-state index contributed by atoms with van der Waals surface area (Å²) in [6, 6.07) is 9.74. The van der Waals surface area contributed by atoms with Crippen LogP contribution < -0.4 is 11.0 Å². The van der Waals surface area contributed by atoms with Gasteiger partial charge in [0.1, 0.15) is 5.75 Å². The zero-order chi connectivity index (χ0) is 15.0. The summed E-state index contributed by atoms with van der Waals surface area (Å²) in [5, 5.41) is 12.2. The molecule has 1 amide bonds. The summed E-state index contributed by atoms with van der Waals surface area (Å²) in [5.74, 6) is -0.108. The lowest BCUT2D eigenvalue weighted by Crippen LogP contribution is -2.11. The van der Waals surface area contributed by atoms with Gasteiger partial charge in [0.2, 0.25) is 0 Å². The number of nitrogens with one attached hydrogen (secondary N) is 3. The molecule has 6 nitrogen and oxygen atoms in total. The van der Waals surface area contributed by atoms with E-state index in [0.29, 0.717) is 27.8 Å². The zero-order valence-corrected chi connectivity index (χ0v) is 11.2. The summed E-state index contributed by atoms with van der Waals surface area (Å²) >= 11 is 0. The number of amides is 1. The van der Waals surface area contributed by atoms with Crippen molar-refractivity contribution in [2.75, 3.05) is 5.32 Å². The molecule has 0 bridgehead atoms. The van der Waals surface area contributed by atoms with Crippen LogP contribution in [0.1, 0.15) is 15.9 Å². The minimum Gasteiger partial charge on any atom is -0.508 e. The summed E-state index contributed by atoms with van der Waals surface area (Å²) in [7, 11) is 0. The van der Waals surface area contributed by atoms with Crippen molar-refractivity contribution in [1.29, 1.82) is 0 Å². The van der Waals surface area contributed by atoms with E-state index in [4.69, 9.17) is 0 Å². The lowest BCUT2D eigenvalue weighted by atomic mass is 10.1. The first-order valence-electron chi connectivity index (χ1n) is 6.36. The molecule has 21 heavy (non-hydrogen) atoms. The van der Waals surface area contributed by atoms with Crippen LogP contribution in [0.2, 0.25) is 0 Å². The van der Waals surface area contributed by atoms with Crippen LogP contribution in [0.25, 0.3) is 11.0 Å². The van der Waals surface area contributed by atoms with Crippen molar-refractivity contribution in [3.63, 3.8) is 0 Å². The molecule has 0 saturated heterocycles. The van der Waals surface area contributed by atoms with E-state index in [0.717, 1.165) is 0 Å². The average molecular weight is 283 g/mol. The molecule has 6 heteroatoms.